The first-order valence-electron chi connectivity index (χ1n) is 11.9. The van der Waals surface area contributed by atoms with Crippen molar-refractivity contribution in [3.63, 3.8) is 0 Å². The Bertz CT molecular complexity index is 935. The summed E-state index contributed by atoms with van der Waals surface area (Å²) < 4.78 is 11.3. The van der Waals surface area contributed by atoms with E-state index in [0.29, 0.717) is 24.8 Å². The first-order chi connectivity index (χ1) is 15.3. The summed E-state index contributed by atoms with van der Waals surface area (Å²) in [6.07, 6.45) is 1.30. The molecular formula is C26H36O7. The first kappa shape index (κ1) is 24.1. The molecule has 2 fully saturated rings. The molecule has 2 saturated carbocycles. The average Bonchev–Trinajstić information content (AvgIpc) is 3.45. The van der Waals surface area contributed by atoms with Gasteiger partial charge >= 0.3 is 11.9 Å². The van der Waals surface area contributed by atoms with Gasteiger partial charge in [-0.15, -0.1) is 6.58 Å². The van der Waals surface area contributed by atoms with E-state index in [2.05, 4.69) is 6.58 Å². The van der Waals surface area contributed by atoms with E-state index in [-0.39, 0.29) is 30.2 Å². The van der Waals surface area contributed by atoms with Crippen LogP contribution in [0.3, 0.4) is 0 Å². The molecule has 7 heteroatoms. The van der Waals surface area contributed by atoms with E-state index in [0.717, 1.165) is 12.0 Å². The fourth-order valence-corrected chi connectivity index (χ4v) is 6.91. The highest BCUT2D eigenvalue weighted by atomic mass is 16.6. The predicted molar refractivity (Wildman–Crippen MR) is 120 cm³/mol. The van der Waals surface area contributed by atoms with Crippen LogP contribution in [0.15, 0.2) is 23.8 Å². The van der Waals surface area contributed by atoms with E-state index in [1.165, 1.54) is 6.92 Å². The minimum Gasteiger partial charge on any atom is -0.465 e. The van der Waals surface area contributed by atoms with E-state index < -0.39 is 46.4 Å². The summed E-state index contributed by atoms with van der Waals surface area (Å²) in [4.78, 5) is 38.1. The molecule has 0 aromatic heterocycles. The van der Waals surface area contributed by atoms with Crippen molar-refractivity contribution in [1.82, 2.24) is 0 Å². The molecule has 0 aromatic rings. The minimum atomic E-state index is -1.44. The summed E-state index contributed by atoms with van der Waals surface area (Å²) in [7, 11) is 0. The smallest absolute Gasteiger partial charge is 0.308 e. The Balaban J connectivity index is 1.80. The van der Waals surface area contributed by atoms with Gasteiger partial charge in [0, 0.05) is 29.1 Å². The van der Waals surface area contributed by atoms with Crippen LogP contribution >= 0.6 is 0 Å². The molecule has 0 saturated heterocycles. The van der Waals surface area contributed by atoms with Gasteiger partial charge in [-0.3, -0.25) is 14.4 Å². The molecule has 1 spiro atoms. The monoisotopic (exact) mass is 460 g/mol. The molecule has 4 rings (SSSR count). The van der Waals surface area contributed by atoms with E-state index >= 15 is 0 Å². The second-order valence-corrected chi connectivity index (χ2v) is 11.3. The van der Waals surface area contributed by atoms with Crippen LogP contribution in [-0.4, -0.2) is 52.9 Å². The number of allylic oxidation sites excluding steroid dienone is 1. The van der Waals surface area contributed by atoms with Gasteiger partial charge in [-0.25, -0.2) is 0 Å². The Kier molecular flexibility index (Phi) is 5.69. The molecule has 33 heavy (non-hydrogen) atoms. The van der Waals surface area contributed by atoms with E-state index in [1.54, 1.807) is 19.9 Å². The second kappa shape index (κ2) is 7.77. The number of esters is 2. The second-order valence-electron chi connectivity index (χ2n) is 11.3. The zero-order chi connectivity index (χ0) is 24.5. The van der Waals surface area contributed by atoms with Crippen molar-refractivity contribution >= 4 is 17.7 Å². The molecule has 0 aromatic carbocycles. The molecule has 0 heterocycles. The fourth-order valence-electron chi connectivity index (χ4n) is 6.91. The van der Waals surface area contributed by atoms with Crippen LogP contribution in [0.1, 0.15) is 60.3 Å². The van der Waals surface area contributed by atoms with Gasteiger partial charge in [0.15, 0.2) is 5.78 Å². The van der Waals surface area contributed by atoms with Crippen molar-refractivity contribution in [1.29, 1.82) is 0 Å². The van der Waals surface area contributed by atoms with Crippen LogP contribution < -0.4 is 0 Å². The van der Waals surface area contributed by atoms with Crippen LogP contribution in [0.5, 0.6) is 0 Å². The highest BCUT2D eigenvalue weighted by Crippen LogP contribution is 2.76. The van der Waals surface area contributed by atoms with Crippen molar-refractivity contribution < 1.29 is 34.1 Å². The van der Waals surface area contributed by atoms with Crippen molar-refractivity contribution in [3.05, 3.63) is 23.8 Å². The summed E-state index contributed by atoms with van der Waals surface area (Å²) in [5.41, 5.74) is -0.688. The molecule has 182 valence electrons. The third-order valence-corrected chi connectivity index (χ3v) is 8.92. The summed E-state index contributed by atoms with van der Waals surface area (Å²) >= 11 is 0. The number of aliphatic hydroxyl groups excluding tert-OH is 2. The molecule has 8 unspecified atom stereocenters. The number of ketones is 1. The van der Waals surface area contributed by atoms with Crippen LogP contribution in [0, 0.1) is 34.0 Å². The predicted octanol–water partition coefficient (Wildman–Crippen LogP) is 2.74. The normalized spacial score (nSPS) is 43.9. The molecule has 4 aliphatic carbocycles. The molecule has 4 aliphatic rings. The molecule has 8 atom stereocenters. The standard InChI is InChI=1S/C26H36O7/c1-7-24(5)9-8-16-18(22(24)30)19(28)20(29)21-25(6,12-32-23(31)13(2)3)17(33-14(4)27)10-15-11-26(15,16)21/h7,13,15,17,19,21-22,28,30H,1,8-12H2,2-6H3. The number of ether oxygens (including phenoxy) is 2. The molecule has 0 bridgehead atoms. The number of hydrogen-bond acceptors (Lipinski definition) is 7. The van der Waals surface area contributed by atoms with Gasteiger partial charge in [-0.05, 0) is 37.2 Å². The largest absolute Gasteiger partial charge is 0.465 e. The number of rotatable bonds is 5. The van der Waals surface area contributed by atoms with Gasteiger partial charge in [0.2, 0.25) is 0 Å². The number of Topliss-reactive ketones (excluding diaryl/α,β-unsaturated/α-hetero) is 1. The number of aliphatic hydroxyl groups is 2. The van der Waals surface area contributed by atoms with Crippen LogP contribution in [-0.2, 0) is 23.9 Å². The summed E-state index contributed by atoms with van der Waals surface area (Å²) in [6, 6.07) is 0. The zero-order valence-corrected chi connectivity index (χ0v) is 20.2. The topological polar surface area (TPSA) is 110 Å². The Labute approximate surface area is 195 Å². The Hall–Kier alpha value is -1.99. The van der Waals surface area contributed by atoms with Gasteiger partial charge < -0.3 is 19.7 Å². The van der Waals surface area contributed by atoms with Crippen LogP contribution in [0.25, 0.3) is 0 Å². The van der Waals surface area contributed by atoms with E-state index in [4.69, 9.17) is 9.47 Å². The first-order valence-corrected chi connectivity index (χ1v) is 11.9. The van der Waals surface area contributed by atoms with Crippen molar-refractivity contribution in [3.8, 4) is 0 Å². The summed E-state index contributed by atoms with van der Waals surface area (Å²) in [6.45, 7) is 12.3. The van der Waals surface area contributed by atoms with Crippen molar-refractivity contribution in [2.45, 2.75) is 78.6 Å². The molecule has 7 nitrogen and oxygen atoms in total. The van der Waals surface area contributed by atoms with Gasteiger partial charge in [-0.2, -0.15) is 0 Å². The quantitative estimate of drug-likeness (QED) is 0.479. The lowest BCUT2D eigenvalue weighted by molar-refractivity contribution is -0.183. The lowest BCUT2D eigenvalue weighted by Gasteiger charge is -2.55. The molecular weight excluding hydrogens is 424 g/mol. The maximum Gasteiger partial charge on any atom is 0.308 e. The maximum absolute atomic E-state index is 13.8. The minimum absolute atomic E-state index is 0.0743. The van der Waals surface area contributed by atoms with Crippen molar-refractivity contribution in [2.24, 2.45) is 34.0 Å². The SMILES string of the molecule is C=CC1(C)CCC2=C(C(O)C(=O)C3C(C)(COC(=O)C(C)C)C(OC(C)=O)CC4CC243)C1O. The average molecular weight is 461 g/mol. The van der Waals surface area contributed by atoms with Crippen molar-refractivity contribution in [2.75, 3.05) is 6.61 Å². The zero-order valence-electron chi connectivity index (χ0n) is 20.2. The van der Waals surface area contributed by atoms with Crippen LogP contribution in [0.2, 0.25) is 0 Å². The number of carbonyl (C=O) groups excluding carboxylic acids is 3. The highest BCUT2D eigenvalue weighted by Gasteiger charge is 2.76. The number of hydrogen-bond donors (Lipinski definition) is 2. The Morgan fingerprint density at radius 3 is 2.52 bits per heavy atom. The maximum atomic E-state index is 13.8. The van der Waals surface area contributed by atoms with E-state index in [9.17, 15) is 24.6 Å². The third kappa shape index (κ3) is 3.34. The molecule has 0 amide bonds. The third-order valence-electron chi connectivity index (χ3n) is 8.92. The highest BCUT2D eigenvalue weighted by molar-refractivity contribution is 5.93. The fraction of sp³-hybridized carbons (Fsp3) is 0.731. The summed E-state index contributed by atoms with van der Waals surface area (Å²) in [5.74, 6) is -2.11. The van der Waals surface area contributed by atoms with Gasteiger partial charge in [0.1, 0.15) is 18.8 Å². The lowest BCUT2D eigenvalue weighted by atomic mass is 9.50. The van der Waals surface area contributed by atoms with Gasteiger partial charge in [0.05, 0.1) is 12.0 Å². The van der Waals surface area contributed by atoms with Crippen LogP contribution in [0.4, 0.5) is 0 Å². The number of carbonyl (C=O) groups is 3. The Morgan fingerprint density at radius 2 is 1.94 bits per heavy atom. The van der Waals surface area contributed by atoms with Gasteiger partial charge in [0.25, 0.3) is 0 Å². The Morgan fingerprint density at radius 1 is 1.27 bits per heavy atom. The lowest BCUT2D eigenvalue weighted by Crippen LogP contribution is -2.61. The van der Waals surface area contributed by atoms with Gasteiger partial charge in [-0.1, -0.05) is 39.3 Å². The molecule has 0 radical (unpaired) electrons. The molecule has 0 aliphatic heterocycles. The van der Waals surface area contributed by atoms with E-state index in [1.807, 2.05) is 13.8 Å². The molecule has 2 N–H and O–H groups in total. The summed E-state index contributed by atoms with van der Waals surface area (Å²) in [5, 5.41) is 22.4.